The first-order valence-electron chi connectivity index (χ1n) is 8.31. The third-order valence-electron chi connectivity index (χ3n) is 5.05. The van der Waals surface area contributed by atoms with Gasteiger partial charge in [0, 0.05) is 18.5 Å². The molecule has 1 heterocycles. The summed E-state index contributed by atoms with van der Waals surface area (Å²) in [5, 5.41) is 0. The summed E-state index contributed by atoms with van der Waals surface area (Å²) in [6.07, 6.45) is 9.63. The monoisotopic (exact) mass is 281 g/mol. The topological polar surface area (TPSA) is 3.24 Å². The third kappa shape index (κ3) is 3.51. The standard InChI is InChI=1S/C17H31NS/c1-12(2)10-14-11-17(19)18(13(3)4)16-9-7-5-6-8-15(14)16/h12-16H,5-11H2,1-4H3. The first kappa shape index (κ1) is 15.3. The zero-order valence-corrected chi connectivity index (χ0v) is 14.0. The molecule has 1 nitrogen and oxygen atoms in total. The van der Waals surface area contributed by atoms with E-state index in [9.17, 15) is 0 Å². The second-order valence-corrected chi connectivity index (χ2v) is 7.83. The van der Waals surface area contributed by atoms with Gasteiger partial charge in [-0.05, 0) is 50.9 Å². The summed E-state index contributed by atoms with van der Waals surface area (Å²) < 4.78 is 0. The van der Waals surface area contributed by atoms with Crippen LogP contribution in [0.25, 0.3) is 0 Å². The van der Waals surface area contributed by atoms with E-state index in [2.05, 4.69) is 32.6 Å². The molecule has 1 aliphatic heterocycles. The van der Waals surface area contributed by atoms with Crippen LogP contribution in [0, 0.1) is 17.8 Å². The van der Waals surface area contributed by atoms with Crippen molar-refractivity contribution in [2.75, 3.05) is 0 Å². The van der Waals surface area contributed by atoms with Gasteiger partial charge in [0.15, 0.2) is 0 Å². The third-order valence-corrected chi connectivity index (χ3v) is 5.43. The van der Waals surface area contributed by atoms with Crippen LogP contribution in [-0.2, 0) is 0 Å². The highest BCUT2D eigenvalue weighted by molar-refractivity contribution is 7.80. The lowest BCUT2D eigenvalue weighted by Gasteiger charge is -2.49. The Balaban J connectivity index is 2.20. The predicted molar refractivity (Wildman–Crippen MR) is 87.5 cm³/mol. The molecule has 0 bridgehead atoms. The molecular weight excluding hydrogens is 250 g/mol. The average Bonchev–Trinajstić information content (AvgIpc) is 2.53. The first-order chi connectivity index (χ1) is 9.00. The van der Waals surface area contributed by atoms with Gasteiger partial charge in [-0.3, -0.25) is 0 Å². The van der Waals surface area contributed by atoms with E-state index in [4.69, 9.17) is 12.2 Å². The Bertz CT molecular complexity index is 310. The lowest BCUT2D eigenvalue weighted by molar-refractivity contribution is 0.0979. The van der Waals surface area contributed by atoms with E-state index in [1.165, 1.54) is 49.9 Å². The van der Waals surface area contributed by atoms with Crippen molar-refractivity contribution in [2.24, 2.45) is 17.8 Å². The Labute approximate surface area is 125 Å². The molecule has 0 spiro atoms. The molecule has 0 aromatic heterocycles. The maximum atomic E-state index is 5.77. The van der Waals surface area contributed by atoms with Gasteiger partial charge in [0.25, 0.3) is 0 Å². The zero-order valence-electron chi connectivity index (χ0n) is 13.2. The molecule has 0 radical (unpaired) electrons. The Morgan fingerprint density at radius 2 is 1.79 bits per heavy atom. The van der Waals surface area contributed by atoms with E-state index in [1.54, 1.807) is 0 Å². The van der Waals surface area contributed by atoms with E-state index in [0.717, 1.165) is 23.8 Å². The van der Waals surface area contributed by atoms with E-state index >= 15 is 0 Å². The van der Waals surface area contributed by atoms with Crippen molar-refractivity contribution in [3.8, 4) is 0 Å². The van der Waals surface area contributed by atoms with Crippen LogP contribution < -0.4 is 0 Å². The maximum Gasteiger partial charge on any atom is 0.0787 e. The van der Waals surface area contributed by atoms with Crippen molar-refractivity contribution in [2.45, 2.75) is 84.7 Å². The van der Waals surface area contributed by atoms with Crippen molar-refractivity contribution in [3.05, 3.63) is 0 Å². The van der Waals surface area contributed by atoms with Gasteiger partial charge in [-0.2, -0.15) is 0 Å². The van der Waals surface area contributed by atoms with Crippen LogP contribution in [0.5, 0.6) is 0 Å². The van der Waals surface area contributed by atoms with Gasteiger partial charge in [-0.15, -0.1) is 0 Å². The van der Waals surface area contributed by atoms with Crippen LogP contribution in [0.4, 0.5) is 0 Å². The summed E-state index contributed by atoms with van der Waals surface area (Å²) in [7, 11) is 0. The Morgan fingerprint density at radius 1 is 1.11 bits per heavy atom. The highest BCUT2D eigenvalue weighted by Gasteiger charge is 2.41. The number of piperidine rings is 1. The lowest BCUT2D eigenvalue weighted by Crippen LogP contribution is -2.54. The molecule has 2 fully saturated rings. The second-order valence-electron chi connectivity index (χ2n) is 7.36. The summed E-state index contributed by atoms with van der Waals surface area (Å²) in [5.41, 5.74) is 0. The molecule has 110 valence electrons. The maximum absolute atomic E-state index is 5.77. The Hall–Kier alpha value is -0.110. The van der Waals surface area contributed by atoms with E-state index in [0.29, 0.717) is 6.04 Å². The normalized spacial score (nSPS) is 32.6. The van der Waals surface area contributed by atoms with Crippen LogP contribution in [0.1, 0.15) is 72.6 Å². The van der Waals surface area contributed by atoms with Crippen molar-refractivity contribution in [1.29, 1.82) is 0 Å². The molecule has 19 heavy (non-hydrogen) atoms. The number of fused-ring (bicyclic) bond motifs is 1. The number of hydrogen-bond acceptors (Lipinski definition) is 1. The van der Waals surface area contributed by atoms with Crippen LogP contribution in [0.3, 0.4) is 0 Å². The molecule has 0 aromatic rings. The quantitative estimate of drug-likeness (QED) is 0.667. The van der Waals surface area contributed by atoms with Gasteiger partial charge < -0.3 is 4.90 Å². The predicted octanol–water partition coefficient (Wildman–Crippen LogP) is 5.04. The van der Waals surface area contributed by atoms with Crippen molar-refractivity contribution >= 4 is 17.2 Å². The minimum absolute atomic E-state index is 0.582. The average molecular weight is 282 g/mol. The highest BCUT2D eigenvalue weighted by Crippen LogP contribution is 2.42. The summed E-state index contributed by atoms with van der Waals surface area (Å²) in [5.74, 6) is 2.56. The summed E-state index contributed by atoms with van der Waals surface area (Å²) in [6.45, 7) is 9.36. The fourth-order valence-electron chi connectivity index (χ4n) is 4.41. The number of hydrogen-bond donors (Lipinski definition) is 0. The number of thiocarbonyl (C=S) groups is 1. The Morgan fingerprint density at radius 3 is 2.42 bits per heavy atom. The van der Waals surface area contributed by atoms with Gasteiger partial charge in [-0.1, -0.05) is 45.3 Å². The van der Waals surface area contributed by atoms with E-state index in [1.807, 2.05) is 0 Å². The Kier molecular flexibility index (Phi) is 5.28. The highest BCUT2D eigenvalue weighted by atomic mass is 32.1. The van der Waals surface area contributed by atoms with Gasteiger partial charge in [-0.25, -0.2) is 0 Å². The molecule has 3 unspecified atom stereocenters. The number of rotatable bonds is 3. The molecule has 0 N–H and O–H groups in total. The summed E-state index contributed by atoms with van der Waals surface area (Å²) in [4.78, 5) is 3.85. The summed E-state index contributed by atoms with van der Waals surface area (Å²) >= 11 is 5.77. The van der Waals surface area contributed by atoms with Gasteiger partial charge in [0.05, 0.1) is 4.99 Å². The number of likely N-dealkylation sites (tertiary alicyclic amines) is 1. The molecular formula is C17H31NS. The van der Waals surface area contributed by atoms with Crippen LogP contribution >= 0.6 is 12.2 Å². The minimum Gasteiger partial charge on any atom is -0.360 e. The largest absolute Gasteiger partial charge is 0.360 e. The van der Waals surface area contributed by atoms with Crippen molar-refractivity contribution < 1.29 is 0 Å². The molecule has 1 saturated carbocycles. The van der Waals surface area contributed by atoms with Gasteiger partial charge in [0.2, 0.25) is 0 Å². The van der Waals surface area contributed by atoms with E-state index < -0.39 is 0 Å². The molecule has 2 rings (SSSR count). The van der Waals surface area contributed by atoms with Gasteiger partial charge >= 0.3 is 0 Å². The van der Waals surface area contributed by atoms with Crippen molar-refractivity contribution in [1.82, 2.24) is 4.90 Å². The number of nitrogens with zero attached hydrogens (tertiary/aromatic N) is 1. The first-order valence-corrected chi connectivity index (χ1v) is 8.72. The van der Waals surface area contributed by atoms with Gasteiger partial charge in [0.1, 0.15) is 0 Å². The fraction of sp³-hybridized carbons (Fsp3) is 0.941. The molecule has 1 saturated heterocycles. The summed E-state index contributed by atoms with van der Waals surface area (Å²) in [6, 6.07) is 1.32. The SMILES string of the molecule is CC(C)CC1CC(=S)N(C(C)C)C2CCCCCC12. The molecule has 1 aliphatic carbocycles. The van der Waals surface area contributed by atoms with Crippen molar-refractivity contribution in [3.63, 3.8) is 0 Å². The molecule has 3 atom stereocenters. The lowest BCUT2D eigenvalue weighted by atomic mass is 9.73. The molecule has 2 aliphatic rings. The van der Waals surface area contributed by atoms with E-state index in [-0.39, 0.29) is 0 Å². The fourth-order valence-corrected chi connectivity index (χ4v) is 4.97. The molecule has 0 aromatic carbocycles. The van der Waals surface area contributed by atoms with Crippen LogP contribution in [-0.4, -0.2) is 22.0 Å². The molecule has 2 heteroatoms. The van der Waals surface area contributed by atoms with Crippen LogP contribution in [0.2, 0.25) is 0 Å². The zero-order chi connectivity index (χ0) is 14.0. The minimum atomic E-state index is 0.582. The smallest absolute Gasteiger partial charge is 0.0787 e. The second kappa shape index (κ2) is 6.56. The molecule has 0 amide bonds. The van der Waals surface area contributed by atoms with Crippen LogP contribution in [0.15, 0.2) is 0 Å².